The van der Waals surface area contributed by atoms with Crippen molar-refractivity contribution in [1.29, 1.82) is 0 Å². The van der Waals surface area contributed by atoms with Gasteiger partial charge in [0.05, 0.1) is 0 Å². The predicted octanol–water partition coefficient (Wildman–Crippen LogP) is 3.43. The van der Waals surface area contributed by atoms with Crippen LogP contribution >= 0.6 is 11.6 Å². The largest absolute Gasteiger partial charge is 0.339 e. The number of carbonyl (C=O) groups is 1. The number of rotatable bonds is 4. The Labute approximate surface area is 104 Å². The average molecular weight is 246 g/mol. The zero-order chi connectivity index (χ0) is 12.0. The first kappa shape index (κ1) is 13.8. The first-order chi connectivity index (χ1) is 7.69. The molecule has 94 valence electrons. The molecule has 0 N–H and O–H groups in total. The average Bonchev–Trinajstić information content (AvgIpc) is 2.53. The smallest absolute Gasteiger partial charge is 0.223 e. The van der Waals surface area contributed by atoms with Crippen LogP contribution in [0.15, 0.2) is 0 Å². The van der Waals surface area contributed by atoms with Crippen molar-refractivity contribution in [3.63, 3.8) is 0 Å². The second-order valence-corrected chi connectivity index (χ2v) is 5.27. The molecule has 0 saturated carbocycles. The number of carbonyl (C=O) groups excluding carboxylic acids is 1. The fourth-order valence-electron chi connectivity index (χ4n) is 2.23. The molecule has 0 aromatic carbocycles. The Kier molecular flexibility index (Phi) is 6.18. The standard InChI is InChI=1S/C13H24ClNO/c1-3-11(2)9-13(16)15-8-6-4-5-7-12(15)10-14/h11-12H,3-10H2,1-2H3. The van der Waals surface area contributed by atoms with E-state index in [4.69, 9.17) is 11.6 Å². The highest BCUT2D eigenvalue weighted by Crippen LogP contribution is 2.20. The minimum atomic E-state index is 0.278. The van der Waals surface area contributed by atoms with Crippen LogP contribution < -0.4 is 0 Å². The molecule has 1 amide bonds. The van der Waals surface area contributed by atoms with Gasteiger partial charge in [-0.25, -0.2) is 0 Å². The molecule has 1 rings (SSSR count). The zero-order valence-electron chi connectivity index (χ0n) is 10.5. The highest BCUT2D eigenvalue weighted by molar-refractivity contribution is 6.18. The van der Waals surface area contributed by atoms with Crippen LogP contribution in [0.3, 0.4) is 0 Å². The lowest BCUT2D eigenvalue weighted by atomic mass is 10.0. The van der Waals surface area contributed by atoms with Gasteiger partial charge in [0.15, 0.2) is 0 Å². The Morgan fingerprint density at radius 2 is 2.19 bits per heavy atom. The van der Waals surface area contributed by atoms with Crippen molar-refractivity contribution in [2.45, 2.75) is 58.4 Å². The number of nitrogens with zero attached hydrogens (tertiary/aromatic N) is 1. The maximum Gasteiger partial charge on any atom is 0.223 e. The third kappa shape index (κ3) is 3.97. The van der Waals surface area contributed by atoms with Gasteiger partial charge in [0, 0.05) is 24.9 Å². The molecule has 0 bridgehead atoms. The summed E-state index contributed by atoms with van der Waals surface area (Å²) in [6.07, 6.45) is 6.43. The number of amides is 1. The van der Waals surface area contributed by atoms with Crippen LogP contribution in [0.4, 0.5) is 0 Å². The lowest BCUT2D eigenvalue weighted by molar-refractivity contribution is -0.134. The molecule has 3 heteroatoms. The highest BCUT2D eigenvalue weighted by atomic mass is 35.5. The lowest BCUT2D eigenvalue weighted by Gasteiger charge is -2.29. The van der Waals surface area contributed by atoms with E-state index in [-0.39, 0.29) is 6.04 Å². The zero-order valence-corrected chi connectivity index (χ0v) is 11.3. The molecule has 0 aliphatic carbocycles. The first-order valence-electron chi connectivity index (χ1n) is 6.54. The van der Waals surface area contributed by atoms with Crippen molar-refractivity contribution >= 4 is 17.5 Å². The molecule has 2 atom stereocenters. The quantitative estimate of drug-likeness (QED) is 0.695. The van der Waals surface area contributed by atoms with Gasteiger partial charge in [-0.15, -0.1) is 11.6 Å². The topological polar surface area (TPSA) is 20.3 Å². The molecule has 0 radical (unpaired) electrons. The Hall–Kier alpha value is -0.240. The van der Waals surface area contributed by atoms with Gasteiger partial charge < -0.3 is 4.90 Å². The van der Waals surface area contributed by atoms with Gasteiger partial charge in [-0.2, -0.15) is 0 Å². The third-order valence-electron chi connectivity index (χ3n) is 3.60. The van der Waals surface area contributed by atoms with Crippen LogP contribution in [0.5, 0.6) is 0 Å². The number of halogens is 1. The summed E-state index contributed by atoms with van der Waals surface area (Å²) in [5.74, 6) is 1.39. The van der Waals surface area contributed by atoms with Gasteiger partial charge >= 0.3 is 0 Å². The van der Waals surface area contributed by atoms with E-state index in [9.17, 15) is 4.79 Å². The van der Waals surface area contributed by atoms with Crippen molar-refractivity contribution in [2.24, 2.45) is 5.92 Å². The number of hydrogen-bond acceptors (Lipinski definition) is 1. The van der Waals surface area contributed by atoms with E-state index in [0.29, 0.717) is 24.1 Å². The van der Waals surface area contributed by atoms with E-state index in [2.05, 4.69) is 13.8 Å². The third-order valence-corrected chi connectivity index (χ3v) is 3.95. The number of alkyl halides is 1. The maximum absolute atomic E-state index is 12.2. The Morgan fingerprint density at radius 3 is 2.81 bits per heavy atom. The second kappa shape index (κ2) is 7.16. The summed E-state index contributed by atoms with van der Waals surface area (Å²) < 4.78 is 0. The minimum absolute atomic E-state index is 0.278. The predicted molar refractivity (Wildman–Crippen MR) is 68.8 cm³/mol. The molecule has 1 aliphatic heterocycles. The van der Waals surface area contributed by atoms with Crippen molar-refractivity contribution < 1.29 is 4.79 Å². The Balaban J connectivity index is 2.55. The molecule has 0 aromatic heterocycles. The maximum atomic E-state index is 12.2. The van der Waals surface area contributed by atoms with Gasteiger partial charge in [0.1, 0.15) is 0 Å². The molecule has 1 saturated heterocycles. The summed E-state index contributed by atoms with van der Waals surface area (Å²) >= 11 is 5.97. The van der Waals surface area contributed by atoms with Gasteiger partial charge in [-0.1, -0.05) is 33.1 Å². The summed E-state index contributed by atoms with van der Waals surface area (Å²) in [5.41, 5.74) is 0. The van der Waals surface area contributed by atoms with Crippen LogP contribution in [0, 0.1) is 5.92 Å². The van der Waals surface area contributed by atoms with E-state index in [0.717, 1.165) is 25.8 Å². The molecule has 2 unspecified atom stereocenters. The van der Waals surface area contributed by atoms with Crippen LogP contribution in [-0.2, 0) is 4.79 Å². The first-order valence-corrected chi connectivity index (χ1v) is 7.07. The summed E-state index contributed by atoms with van der Waals surface area (Å²) in [6.45, 7) is 5.19. The van der Waals surface area contributed by atoms with Gasteiger partial charge in [-0.3, -0.25) is 4.79 Å². The monoisotopic (exact) mass is 245 g/mol. The summed E-state index contributed by atoms with van der Waals surface area (Å²) in [4.78, 5) is 14.2. The minimum Gasteiger partial charge on any atom is -0.339 e. The number of hydrogen-bond donors (Lipinski definition) is 0. The molecule has 1 heterocycles. The Morgan fingerprint density at radius 1 is 1.44 bits per heavy atom. The van der Waals surface area contributed by atoms with E-state index >= 15 is 0 Å². The fraction of sp³-hybridized carbons (Fsp3) is 0.923. The molecule has 16 heavy (non-hydrogen) atoms. The molecule has 0 spiro atoms. The van der Waals surface area contributed by atoms with Gasteiger partial charge in [0.2, 0.25) is 5.91 Å². The summed E-state index contributed by atoms with van der Waals surface area (Å²) in [7, 11) is 0. The number of likely N-dealkylation sites (tertiary alicyclic amines) is 1. The lowest BCUT2D eigenvalue weighted by Crippen LogP contribution is -2.41. The van der Waals surface area contributed by atoms with Crippen LogP contribution in [0.2, 0.25) is 0 Å². The normalized spacial score (nSPS) is 23.9. The van der Waals surface area contributed by atoms with E-state index in [1.807, 2.05) is 4.90 Å². The van der Waals surface area contributed by atoms with E-state index < -0.39 is 0 Å². The molecule has 0 aromatic rings. The molecule has 2 nitrogen and oxygen atoms in total. The van der Waals surface area contributed by atoms with E-state index in [1.54, 1.807) is 0 Å². The van der Waals surface area contributed by atoms with Gasteiger partial charge in [-0.05, 0) is 18.8 Å². The molecular weight excluding hydrogens is 222 g/mol. The summed E-state index contributed by atoms with van der Waals surface area (Å²) in [6, 6.07) is 0.278. The van der Waals surface area contributed by atoms with Crippen molar-refractivity contribution in [1.82, 2.24) is 4.90 Å². The van der Waals surface area contributed by atoms with Gasteiger partial charge in [0.25, 0.3) is 0 Å². The fourth-order valence-corrected chi connectivity index (χ4v) is 2.55. The molecular formula is C13H24ClNO. The second-order valence-electron chi connectivity index (χ2n) is 4.96. The van der Waals surface area contributed by atoms with Crippen LogP contribution in [0.1, 0.15) is 52.4 Å². The van der Waals surface area contributed by atoms with Crippen molar-refractivity contribution in [2.75, 3.05) is 12.4 Å². The molecule has 1 aliphatic rings. The van der Waals surface area contributed by atoms with Crippen LogP contribution in [0.25, 0.3) is 0 Å². The van der Waals surface area contributed by atoms with E-state index in [1.165, 1.54) is 12.8 Å². The molecule has 1 fully saturated rings. The van der Waals surface area contributed by atoms with Crippen molar-refractivity contribution in [3.8, 4) is 0 Å². The SMILES string of the molecule is CCC(C)CC(=O)N1CCCCCC1CCl. The van der Waals surface area contributed by atoms with Crippen molar-refractivity contribution in [3.05, 3.63) is 0 Å². The summed E-state index contributed by atoms with van der Waals surface area (Å²) in [5, 5.41) is 0. The Bertz CT molecular complexity index is 220. The highest BCUT2D eigenvalue weighted by Gasteiger charge is 2.25. The van der Waals surface area contributed by atoms with Crippen LogP contribution in [-0.4, -0.2) is 29.3 Å².